The van der Waals surface area contributed by atoms with Crippen LogP contribution in [0.25, 0.3) is 0 Å². The maximum Gasteiger partial charge on any atom is 0.331 e. The fourth-order valence-electron chi connectivity index (χ4n) is 4.80. The van der Waals surface area contributed by atoms with E-state index in [-0.39, 0.29) is 29.5 Å². The van der Waals surface area contributed by atoms with Gasteiger partial charge < -0.3 is 9.84 Å². The molecule has 1 aromatic heterocycles. The molecule has 0 spiro atoms. The van der Waals surface area contributed by atoms with E-state index in [0.717, 1.165) is 17.4 Å². The highest BCUT2D eigenvalue weighted by atomic mass is 16.5. The Morgan fingerprint density at radius 1 is 1.16 bits per heavy atom. The first-order valence-electron chi connectivity index (χ1n) is 11.1. The summed E-state index contributed by atoms with van der Waals surface area (Å²) in [4.78, 5) is 25.3. The van der Waals surface area contributed by atoms with Crippen LogP contribution in [0.5, 0.6) is 5.75 Å². The second-order valence-electron chi connectivity index (χ2n) is 10.5. The topological polar surface area (TPSA) is 97.2 Å². The fraction of sp³-hybridized carbons (Fsp3) is 0.560. The molecule has 1 atom stereocenters. The van der Waals surface area contributed by atoms with Crippen LogP contribution in [0.15, 0.2) is 33.9 Å². The zero-order chi connectivity index (χ0) is 23.7. The first-order valence-corrected chi connectivity index (χ1v) is 11.1. The summed E-state index contributed by atoms with van der Waals surface area (Å²) in [7, 11) is 0. The lowest BCUT2D eigenvalue weighted by Gasteiger charge is -2.33. The second-order valence-corrected chi connectivity index (χ2v) is 10.5. The first kappa shape index (κ1) is 23.8. The van der Waals surface area contributed by atoms with Crippen molar-refractivity contribution in [3.05, 3.63) is 61.9 Å². The van der Waals surface area contributed by atoms with E-state index in [9.17, 15) is 20.0 Å². The van der Waals surface area contributed by atoms with E-state index >= 15 is 0 Å². The molecular weight excluding hydrogens is 406 g/mol. The van der Waals surface area contributed by atoms with Gasteiger partial charge in [-0.2, -0.15) is 5.26 Å². The van der Waals surface area contributed by atoms with E-state index in [1.165, 1.54) is 10.1 Å². The molecule has 0 aliphatic carbocycles. The number of hydrogen-bond donors (Lipinski definition) is 1. The van der Waals surface area contributed by atoms with Gasteiger partial charge >= 0.3 is 5.69 Å². The molecule has 1 N–H and O–H groups in total. The van der Waals surface area contributed by atoms with Crippen LogP contribution in [0.4, 0.5) is 0 Å². The van der Waals surface area contributed by atoms with Gasteiger partial charge in [-0.25, -0.2) is 4.79 Å². The molecule has 7 heteroatoms. The number of nitrogens with zero attached hydrogens (tertiary/aromatic N) is 3. The van der Waals surface area contributed by atoms with E-state index < -0.39 is 17.4 Å². The summed E-state index contributed by atoms with van der Waals surface area (Å²) >= 11 is 0. The van der Waals surface area contributed by atoms with Gasteiger partial charge in [0, 0.05) is 12.2 Å². The maximum atomic E-state index is 12.7. The summed E-state index contributed by atoms with van der Waals surface area (Å²) in [5.74, 6) is 0.607. The molecule has 1 aromatic carbocycles. The quantitative estimate of drug-likeness (QED) is 0.715. The van der Waals surface area contributed by atoms with Crippen LogP contribution in [0.1, 0.15) is 64.3 Å². The molecule has 0 saturated heterocycles. The molecule has 1 aliphatic heterocycles. The van der Waals surface area contributed by atoms with Crippen molar-refractivity contribution in [3.8, 4) is 11.8 Å². The van der Waals surface area contributed by atoms with Crippen LogP contribution < -0.4 is 16.0 Å². The van der Waals surface area contributed by atoms with Crippen molar-refractivity contribution in [3.63, 3.8) is 0 Å². The Bertz CT molecular complexity index is 1130. The smallest absolute Gasteiger partial charge is 0.331 e. The number of fused-ring (bicyclic) bond motifs is 1. The molecule has 0 bridgehead atoms. The average molecular weight is 440 g/mol. The minimum atomic E-state index is -1.07. The molecule has 2 aromatic rings. The lowest BCUT2D eigenvalue weighted by atomic mass is 9.72. The van der Waals surface area contributed by atoms with Crippen LogP contribution >= 0.6 is 0 Å². The van der Waals surface area contributed by atoms with Gasteiger partial charge in [-0.05, 0) is 47.8 Å². The van der Waals surface area contributed by atoms with Gasteiger partial charge in [0.25, 0.3) is 5.56 Å². The molecule has 2 heterocycles. The Labute approximate surface area is 188 Å². The molecule has 0 fully saturated rings. The number of aliphatic hydroxyl groups excluding tert-OH is 1. The van der Waals surface area contributed by atoms with Gasteiger partial charge in [0.05, 0.1) is 6.54 Å². The van der Waals surface area contributed by atoms with Crippen LogP contribution in [0, 0.1) is 16.7 Å². The molecule has 7 nitrogen and oxygen atoms in total. The van der Waals surface area contributed by atoms with Crippen molar-refractivity contribution in [2.45, 2.75) is 78.5 Å². The summed E-state index contributed by atoms with van der Waals surface area (Å²) in [6.45, 7) is 11.3. The van der Waals surface area contributed by atoms with E-state index in [0.29, 0.717) is 24.4 Å². The second kappa shape index (κ2) is 8.95. The van der Waals surface area contributed by atoms with E-state index in [1.807, 2.05) is 30.3 Å². The lowest BCUT2D eigenvalue weighted by molar-refractivity contribution is 0.0899. The van der Waals surface area contributed by atoms with Crippen molar-refractivity contribution < 1.29 is 9.84 Å². The summed E-state index contributed by atoms with van der Waals surface area (Å²) < 4.78 is 8.11. The zero-order valence-electron chi connectivity index (χ0n) is 19.6. The first-order chi connectivity index (χ1) is 14.9. The van der Waals surface area contributed by atoms with Gasteiger partial charge in [-0.3, -0.25) is 13.9 Å². The van der Waals surface area contributed by atoms with Crippen LogP contribution in [-0.2, 0) is 24.9 Å². The minimum Gasteiger partial charge on any atom is -0.491 e. The van der Waals surface area contributed by atoms with E-state index in [1.54, 1.807) is 0 Å². The molecule has 0 saturated carbocycles. The number of nitriles is 1. The van der Waals surface area contributed by atoms with Gasteiger partial charge in [0.2, 0.25) is 0 Å². The molecule has 172 valence electrons. The Hall–Kier alpha value is -2.85. The third-order valence-corrected chi connectivity index (χ3v) is 5.89. The maximum absolute atomic E-state index is 12.7. The number of benzene rings is 1. The number of aliphatic hydroxyl groups is 1. The molecule has 0 radical (unpaired) electrons. The Kier molecular flexibility index (Phi) is 6.66. The predicted octanol–water partition coefficient (Wildman–Crippen LogP) is 2.98. The number of ether oxygens (including phenoxy) is 1. The third kappa shape index (κ3) is 5.13. The summed E-state index contributed by atoms with van der Waals surface area (Å²) in [6, 6.07) is 9.73. The Morgan fingerprint density at radius 2 is 1.81 bits per heavy atom. The van der Waals surface area contributed by atoms with Gasteiger partial charge in [0.1, 0.15) is 30.1 Å². The van der Waals surface area contributed by atoms with Crippen molar-refractivity contribution >= 4 is 0 Å². The molecule has 3 rings (SSSR count). The highest BCUT2D eigenvalue weighted by Gasteiger charge is 2.27. The summed E-state index contributed by atoms with van der Waals surface area (Å²) in [5.41, 5.74) is 0.805. The van der Waals surface area contributed by atoms with Crippen LogP contribution in [0.3, 0.4) is 0 Å². The van der Waals surface area contributed by atoms with Crippen molar-refractivity contribution in [1.82, 2.24) is 9.13 Å². The van der Waals surface area contributed by atoms with Crippen LogP contribution in [0.2, 0.25) is 0 Å². The Morgan fingerprint density at radius 3 is 2.41 bits per heavy atom. The average Bonchev–Trinajstić information content (AvgIpc) is 3.18. The highest BCUT2D eigenvalue weighted by Crippen LogP contribution is 2.36. The normalized spacial score (nSPS) is 14.7. The largest absolute Gasteiger partial charge is 0.491 e. The predicted molar refractivity (Wildman–Crippen MR) is 123 cm³/mol. The lowest BCUT2D eigenvalue weighted by Crippen LogP contribution is -2.44. The number of aromatic nitrogens is 2. The fourth-order valence-corrected chi connectivity index (χ4v) is 4.80. The van der Waals surface area contributed by atoms with Gasteiger partial charge in [-0.15, -0.1) is 0 Å². The zero-order valence-corrected chi connectivity index (χ0v) is 19.6. The molecule has 1 aliphatic rings. The van der Waals surface area contributed by atoms with Gasteiger partial charge in [-0.1, -0.05) is 46.8 Å². The summed E-state index contributed by atoms with van der Waals surface area (Å²) in [5, 5.41) is 19.8. The van der Waals surface area contributed by atoms with Crippen LogP contribution in [-0.4, -0.2) is 27.0 Å². The molecule has 32 heavy (non-hydrogen) atoms. The summed E-state index contributed by atoms with van der Waals surface area (Å²) in [6.07, 6.45) is 1.24. The van der Waals surface area contributed by atoms with E-state index in [2.05, 4.69) is 34.6 Å². The standard InChI is InChI=1S/C25H33N3O4/c1-24(2,3)16-25(4,5)17-8-10-19(11-9-17)32-15-18(29)14-28-22(30)20(13-26)21-7-6-12-27(21)23(28)31/h8-11,18,29H,6-7,12,14-16H2,1-5H3/t18-/m0/s1. The van der Waals surface area contributed by atoms with Crippen molar-refractivity contribution in [1.29, 1.82) is 5.26 Å². The molecule has 0 unspecified atom stereocenters. The monoisotopic (exact) mass is 439 g/mol. The van der Waals surface area contributed by atoms with Gasteiger partial charge in [0.15, 0.2) is 0 Å². The van der Waals surface area contributed by atoms with Crippen molar-refractivity contribution in [2.75, 3.05) is 6.61 Å². The molecular formula is C25H33N3O4. The minimum absolute atomic E-state index is 0.0105. The molecule has 0 amide bonds. The number of hydrogen-bond acceptors (Lipinski definition) is 5. The Balaban J connectivity index is 1.68. The SMILES string of the molecule is CC(C)(C)CC(C)(C)c1ccc(OC[C@@H](O)Cn2c(=O)c(C#N)c3n(c2=O)CCC3)cc1. The third-order valence-electron chi connectivity index (χ3n) is 5.89. The van der Waals surface area contributed by atoms with E-state index in [4.69, 9.17) is 4.74 Å². The highest BCUT2D eigenvalue weighted by molar-refractivity contribution is 5.33. The number of rotatable bonds is 7. The van der Waals surface area contributed by atoms with Crippen molar-refractivity contribution in [2.24, 2.45) is 5.41 Å².